The van der Waals surface area contributed by atoms with Crippen molar-refractivity contribution in [3.63, 3.8) is 0 Å². The van der Waals surface area contributed by atoms with Crippen molar-refractivity contribution >= 4 is 57.9 Å². The number of ether oxygens (including phenoxy) is 3. The van der Waals surface area contributed by atoms with Gasteiger partial charge < -0.3 is 24.8 Å². The van der Waals surface area contributed by atoms with Gasteiger partial charge in [-0.3, -0.25) is 14.4 Å². The van der Waals surface area contributed by atoms with Crippen LogP contribution in [0.1, 0.15) is 11.1 Å². The average molecular weight is 642 g/mol. The standard InChI is InChI=1S/C28H27IN4O6/c1-4-12-38-22-10-8-20(9-11-22)32-27(35)28(36)33-30-16-19-14-23(29)26(24(15-19)37-3)39-17-25(34)31-21-7-5-6-18(2)13-21/h4-11,13-16H,1,12,17H2,2-3H3,(H,31,34)(H,32,35)(H,33,36)/b30-16-. The van der Waals surface area contributed by atoms with Crippen LogP contribution < -0.4 is 30.3 Å². The fraction of sp³-hybridized carbons (Fsp3) is 0.143. The smallest absolute Gasteiger partial charge is 0.329 e. The number of carbonyl (C=O) groups is 3. The number of amides is 3. The average Bonchev–Trinajstić information content (AvgIpc) is 2.91. The number of hydrogen-bond donors (Lipinski definition) is 3. The van der Waals surface area contributed by atoms with Gasteiger partial charge in [0.15, 0.2) is 18.1 Å². The molecule has 0 aliphatic heterocycles. The first kappa shape index (κ1) is 29.2. The molecule has 0 spiro atoms. The van der Waals surface area contributed by atoms with Crippen molar-refractivity contribution in [1.82, 2.24) is 5.43 Å². The minimum Gasteiger partial charge on any atom is -0.493 e. The van der Waals surface area contributed by atoms with Crippen molar-refractivity contribution in [3.05, 3.63) is 88.0 Å². The minimum absolute atomic E-state index is 0.219. The fourth-order valence-corrected chi connectivity index (χ4v) is 3.99. The van der Waals surface area contributed by atoms with E-state index in [0.717, 1.165) is 5.56 Å². The molecule has 3 rings (SSSR count). The van der Waals surface area contributed by atoms with Gasteiger partial charge >= 0.3 is 11.8 Å². The molecule has 0 heterocycles. The second-order valence-electron chi connectivity index (χ2n) is 8.02. The first-order chi connectivity index (χ1) is 18.8. The summed E-state index contributed by atoms with van der Waals surface area (Å²) in [6.07, 6.45) is 2.98. The summed E-state index contributed by atoms with van der Waals surface area (Å²) >= 11 is 2.04. The Balaban J connectivity index is 1.54. The maximum atomic E-state index is 12.3. The molecule has 39 heavy (non-hydrogen) atoms. The molecule has 0 aliphatic carbocycles. The number of nitrogens with one attached hydrogen (secondary N) is 3. The number of anilines is 2. The van der Waals surface area contributed by atoms with Crippen LogP contribution in [0.25, 0.3) is 0 Å². The predicted molar refractivity (Wildman–Crippen MR) is 158 cm³/mol. The van der Waals surface area contributed by atoms with E-state index in [2.05, 4.69) is 27.7 Å². The second-order valence-corrected chi connectivity index (χ2v) is 9.18. The lowest BCUT2D eigenvalue weighted by atomic mass is 10.2. The van der Waals surface area contributed by atoms with Crippen LogP contribution in [0.15, 0.2) is 78.4 Å². The van der Waals surface area contributed by atoms with E-state index in [0.29, 0.717) is 44.4 Å². The first-order valence-corrected chi connectivity index (χ1v) is 12.7. The molecule has 3 N–H and O–H groups in total. The fourth-order valence-electron chi connectivity index (χ4n) is 3.21. The molecule has 3 amide bonds. The van der Waals surface area contributed by atoms with Crippen molar-refractivity contribution in [2.75, 3.05) is 31.0 Å². The Hall–Kier alpha value is -4.39. The molecule has 0 unspecified atom stereocenters. The third-order valence-corrected chi connectivity index (χ3v) is 5.77. The Kier molecular flexibility index (Phi) is 10.9. The van der Waals surface area contributed by atoms with Gasteiger partial charge in [0.1, 0.15) is 12.4 Å². The van der Waals surface area contributed by atoms with Crippen molar-refractivity contribution in [2.45, 2.75) is 6.92 Å². The van der Waals surface area contributed by atoms with Crippen LogP contribution in [0.5, 0.6) is 17.2 Å². The zero-order valence-corrected chi connectivity index (χ0v) is 23.5. The third kappa shape index (κ3) is 9.14. The second kappa shape index (κ2) is 14.5. The lowest BCUT2D eigenvalue weighted by Crippen LogP contribution is -2.32. The molecule has 0 aliphatic rings. The van der Waals surface area contributed by atoms with Crippen LogP contribution in [0.4, 0.5) is 11.4 Å². The van der Waals surface area contributed by atoms with E-state index in [4.69, 9.17) is 14.2 Å². The van der Waals surface area contributed by atoms with Crippen LogP contribution in [-0.4, -0.2) is 44.3 Å². The molecular weight excluding hydrogens is 615 g/mol. The van der Waals surface area contributed by atoms with Crippen LogP contribution in [0, 0.1) is 10.5 Å². The SMILES string of the molecule is C=CCOc1ccc(NC(=O)C(=O)N/N=C\c2cc(I)c(OCC(=O)Nc3cccc(C)c3)c(OC)c2)cc1. The molecule has 3 aromatic carbocycles. The molecule has 0 radical (unpaired) electrons. The summed E-state index contributed by atoms with van der Waals surface area (Å²) in [6.45, 7) is 5.65. The molecule has 0 fully saturated rings. The summed E-state index contributed by atoms with van der Waals surface area (Å²) in [4.78, 5) is 36.6. The number of methoxy groups -OCH3 is 1. The zero-order chi connectivity index (χ0) is 28.2. The van der Waals surface area contributed by atoms with E-state index in [1.54, 1.807) is 48.5 Å². The van der Waals surface area contributed by atoms with Crippen LogP contribution in [0.2, 0.25) is 0 Å². The van der Waals surface area contributed by atoms with Gasteiger partial charge in [0.05, 0.1) is 16.9 Å². The van der Waals surface area contributed by atoms with Gasteiger partial charge in [-0.2, -0.15) is 5.10 Å². The van der Waals surface area contributed by atoms with E-state index in [1.165, 1.54) is 13.3 Å². The van der Waals surface area contributed by atoms with Gasteiger partial charge in [-0.1, -0.05) is 24.8 Å². The largest absolute Gasteiger partial charge is 0.493 e. The Labute approximate surface area is 239 Å². The lowest BCUT2D eigenvalue weighted by Gasteiger charge is -2.13. The highest BCUT2D eigenvalue weighted by molar-refractivity contribution is 14.1. The number of hydrazone groups is 1. The highest BCUT2D eigenvalue weighted by Gasteiger charge is 2.15. The van der Waals surface area contributed by atoms with Gasteiger partial charge in [-0.15, -0.1) is 0 Å². The quantitative estimate of drug-likeness (QED) is 0.0943. The van der Waals surface area contributed by atoms with E-state index in [9.17, 15) is 14.4 Å². The van der Waals surface area contributed by atoms with Gasteiger partial charge in [0.25, 0.3) is 5.91 Å². The summed E-state index contributed by atoms with van der Waals surface area (Å²) in [6, 6.07) is 17.3. The van der Waals surface area contributed by atoms with Gasteiger partial charge in [-0.05, 0) is 89.2 Å². The van der Waals surface area contributed by atoms with Gasteiger partial charge in [0.2, 0.25) is 0 Å². The monoisotopic (exact) mass is 642 g/mol. The molecule has 0 bridgehead atoms. The Morgan fingerprint density at radius 2 is 1.74 bits per heavy atom. The number of nitrogens with zero attached hydrogens (tertiary/aromatic N) is 1. The number of benzene rings is 3. The molecule has 0 aromatic heterocycles. The van der Waals surface area contributed by atoms with E-state index < -0.39 is 11.8 Å². The lowest BCUT2D eigenvalue weighted by molar-refractivity contribution is -0.136. The molecule has 10 nitrogen and oxygen atoms in total. The van der Waals surface area contributed by atoms with Gasteiger partial charge in [0, 0.05) is 11.4 Å². The third-order valence-electron chi connectivity index (χ3n) is 4.97. The van der Waals surface area contributed by atoms with Crippen LogP contribution in [-0.2, 0) is 14.4 Å². The van der Waals surface area contributed by atoms with Crippen LogP contribution in [0.3, 0.4) is 0 Å². The summed E-state index contributed by atoms with van der Waals surface area (Å²) in [5.74, 6) is -0.780. The van der Waals surface area contributed by atoms with E-state index in [-0.39, 0.29) is 12.5 Å². The van der Waals surface area contributed by atoms with Gasteiger partial charge in [-0.25, -0.2) is 5.43 Å². The number of carbonyl (C=O) groups excluding carboxylic acids is 3. The molecule has 0 saturated heterocycles. The number of hydrogen-bond acceptors (Lipinski definition) is 7. The Morgan fingerprint density at radius 3 is 2.44 bits per heavy atom. The topological polar surface area (TPSA) is 127 Å². The summed E-state index contributed by atoms with van der Waals surface area (Å²) in [7, 11) is 1.47. The number of halogens is 1. The molecule has 11 heteroatoms. The summed E-state index contributed by atoms with van der Waals surface area (Å²) in [5.41, 5.74) is 4.89. The molecule has 3 aromatic rings. The number of aryl methyl sites for hydroxylation is 1. The van der Waals surface area contributed by atoms with Crippen molar-refractivity contribution < 1.29 is 28.6 Å². The Bertz CT molecular complexity index is 1370. The molecule has 0 saturated carbocycles. The molecule has 0 atom stereocenters. The zero-order valence-electron chi connectivity index (χ0n) is 21.3. The Morgan fingerprint density at radius 1 is 0.974 bits per heavy atom. The van der Waals surface area contributed by atoms with Crippen molar-refractivity contribution in [3.8, 4) is 17.2 Å². The molecule has 202 valence electrons. The first-order valence-electron chi connectivity index (χ1n) is 11.6. The molecular formula is C28H27IN4O6. The number of rotatable bonds is 11. The van der Waals surface area contributed by atoms with Crippen molar-refractivity contribution in [2.24, 2.45) is 5.10 Å². The summed E-state index contributed by atoms with van der Waals surface area (Å²) < 4.78 is 17.1. The normalized spacial score (nSPS) is 10.4. The maximum absolute atomic E-state index is 12.3. The van der Waals surface area contributed by atoms with Crippen molar-refractivity contribution in [1.29, 1.82) is 0 Å². The van der Waals surface area contributed by atoms with Crippen LogP contribution >= 0.6 is 22.6 Å². The van der Waals surface area contributed by atoms with E-state index in [1.807, 2.05) is 47.7 Å². The summed E-state index contributed by atoms with van der Waals surface area (Å²) in [5, 5.41) is 9.11. The van der Waals surface area contributed by atoms with E-state index >= 15 is 0 Å². The highest BCUT2D eigenvalue weighted by Crippen LogP contribution is 2.33. The highest BCUT2D eigenvalue weighted by atomic mass is 127. The predicted octanol–water partition coefficient (Wildman–Crippen LogP) is 4.28. The minimum atomic E-state index is -0.945. The maximum Gasteiger partial charge on any atom is 0.329 e.